The Morgan fingerprint density at radius 1 is 1.12 bits per heavy atom. The van der Waals surface area contributed by atoms with Crippen molar-refractivity contribution < 1.29 is 4.74 Å². The predicted molar refractivity (Wildman–Crippen MR) is 131 cm³/mol. The molecule has 1 saturated heterocycles. The van der Waals surface area contributed by atoms with Crippen LogP contribution in [-0.4, -0.2) is 55.1 Å². The third-order valence-corrected chi connectivity index (χ3v) is 6.84. The molecule has 4 heterocycles. The van der Waals surface area contributed by atoms with E-state index < -0.39 is 0 Å². The maximum absolute atomic E-state index is 6.60. The van der Waals surface area contributed by atoms with Gasteiger partial charge in [-0.1, -0.05) is 25.1 Å². The van der Waals surface area contributed by atoms with Crippen LogP contribution in [0.4, 0.5) is 0 Å². The highest BCUT2D eigenvalue weighted by molar-refractivity contribution is 5.90. The molecule has 1 aliphatic heterocycles. The van der Waals surface area contributed by atoms with Gasteiger partial charge in [0.2, 0.25) is 5.88 Å². The monoisotopic (exact) mass is 444 g/mol. The average molecular weight is 445 g/mol. The van der Waals surface area contributed by atoms with Crippen LogP contribution in [0.25, 0.3) is 21.9 Å². The molecule has 3 aromatic heterocycles. The number of H-pyrrole nitrogens is 1. The number of benzene rings is 1. The number of hydrogen-bond acceptors (Lipinski definition) is 6. The maximum Gasteiger partial charge on any atom is 0.222 e. The molecule has 7 heteroatoms. The summed E-state index contributed by atoms with van der Waals surface area (Å²) in [4.78, 5) is 23.8. The molecule has 1 aromatic carbocycles. The van der Waals surface area contributed by atoms with E-state index in [1.807, 2.05) is 0 Å². The topological polar surface area (TPSA) is 79.8 Å². The third kappa shape index (κ3) is 4.42. The molecule has 172 valence electrons. The lowest BCUT2D eigenvalue weighted by molar-refractivity contribution is 0.0822. The van der Waals surface area contributed by atoms with Crippen LogP contribution in [0.5, 0.6) is 5.88 Å². The van der Waals surface area contributed by atoms with Crippen molar-refractivity contribution in [2.24, 2.45) is 0 Å². The highest BCUT2D eigenvalue weighted by Crippen LogP contribution is 2.33. The quantitative estimate of drug-likeness (QED) is 0.460. The first-order chi connectivity index (χ1) is 16.0. The number of ether oxygens (including phenoxy) is 1. The lowest BCUT2D eigenvalue weighted by Crippen LogP contribution is -2.41. The number of pyridine rings is 1. The highest BCUT2D eigenvalue weighted by Gasteiger charge is 2.24. The van der Waals surface area contributed by atoms with E-state index in [-0.39, 0.29) is 12.0 Å². The van der Waals surface area contributed by atoms with Crippen molar-refractivity contribution in [3.05, 3.63) is 53.9 Å². The number of nitrogens with one attached hydrogen (secondary N) is 1. The Hall–Kier alpha value is -3.06. The van der Waals surface area contributed by atoms with Crippen molar-refractivity contribution in [1.29, 1.82) is 0 Å². The summed E-state index contributed by atoms with van der Waals surface area (Å²) in [6.45, 7) is 11.0. The van der Waals surface area contributed by atoms with Gasteiger partial charge in [0, 0.05) is 42.6 Å². The minimum atomic E-state index is 0.168. The maximum atomic E-state index is 6.60. The molecule has 0 spiro atoms. The van der Waals surface area contributed by atoms with Gasteiger partial charge in [-0.25, -0.2) is 19.9 Å². The molecule has 0 radical (unpaired) electrons. The zero-order valence-electron chi connectivity index (χ0n) is 19.9. The van der Waals surface area contributed by atoms with Crippen LogP contribution in [0.1, 0.15) is 56.5 Å². The van der Waals surface area contributed by atoms with Gasteiger partial charge in [-0.15, -0.1) is 0 Å². The van der Waals surface area contributed by atoms with E-state index in [0.29, 0.717) is 11.7 Å². The number of aromatic amines is 1. The second-order valence-corrected chi connectivity index (χ2v) is 9.50. The van der Waals surface area contributed by atoms with Gasteiger partial charge < -0.3 is 14.6 Å². The number of aromatic nitrogens is 5. The van der Waals surface area contributed by atoms with E-state index in [1.54, 1.807) is 12.7 Å². The van der Waals surface area contributed by atoms with Gasteiger partial charge in [-0.2, -0.15) is 0 Å². The fourth-order valence-electron chi connectivity index (χ4n) is 4.84. The van der Waals surface area contributed by atoms with Gasteiger partial charge in [-0.3, -0.25) is 0 Å². The van der Waals surface area contributed by atoms with E-state index in [2.05, 4.69) is 76.8 Å². The standard InChI is InChI=1S/C26H32N6O/c1-16(2)32-10-8-20(9-11-32)33-26-23-17(3)6-5-7-19(23)13-21(31-26)18(4)12-22-24-25(29-14-27-22)30-15-28-24/h5-7,13-16,18,20H,8-12H2,1-4H3,(H,27,28,29,30)/t18-/m1/s1. The van der Waals surface area contributed by atoms with Gasteiger partial charge in [0.05, 0.1) is 12.0 Å². The van der Waals surface area contributed by atoms with E-state index >= 15 is 0 Å². The van der Waals surface area contributed by atoms with Gasteiger partial charge in [-0.05, 0) is 50.6 Å². The SMILES string of the molecule is Cc1cccc2cc([C@H](C)Cc3ncnc4nc[nH]c34)nc(OC3CCN(C(C)C)CC3)c12. The molecule has 33 heavy (non-hydrogen) atoms. The zero-order valence-corrected chi connectivity index (χ0v) is 19.9. The Bertz CT molecular complexity index is 1260. The Balaban J connectivity index is 1.44. The summed E-state index contributed by atoms with van der Waals surface area (Å²) in [6.07, 6.45) is 6.27. The Morgan fingerprint density at radius 3 is 2.73 bits per heavy atom. The summed E-state index contributed by atoms with van der Waals surface area (Å²) in [6, 6.07) is 9.19. The van der Waals surface area contributed by atoms with E-state index in [9.17, 15) is 0 Å². The number of likely N-dealkylation sites (tertiary alicyclic amines) is 1. The molecule has 1 aliphatic rings. The van der Waals surface area contributed by atoms with E-state index in [0.717, 1.165) is 60.5 Å². The van der Waals surface area contributed by atoms with Gasteiger partial charge in [0.25, 0.3) is 0 Å². The Morgan fingerprint density at radius 2 is 1.94 bits per heavy atom. The summed E-state index contributed by atoms with van der Waals surface area (Å²) in [5.74, 6) is 0.936. The van der Waals surface area contributed by atoms with Crippen molar-refractivity contribution in [1.82, 2.24) is 29.8 Å². The predicted octanol–water partition coefficient (Wildman–Crippen LogP) is 4.81. The molecule has 4 aromatic rings. The van der Waals surface area contributed by atoms with E-state index in [4.69, 9.17) is 9.72 Å². The van der Waals surface area contributed by atoms with Crippen LogP contribution in [0.2, 0.25) is 0 Å². The van der Waals surface area contributed by atoms with Gasteiger partial charge >= 0.3 is 0 Å². The number of fused-ring (bicyclic) bond motifs is 2. The van der Waals surface area contributed by atoms with E-state index in [1.165, 1.54) is 10.9 Å². The number of rotatable bonds is 6. The second-order valence-electron chi connectivity index (χ2n) is 9.50. The lowest BCUT2D eigenvalue weighted by atomic mass is 9.97. The van der Waals surface area contributed by atoms with Crippen molar-refractivity contribution in [2.75, 3.05) is 13.1 Å². The summed E-state index contributed by atoms with van der Waals surface area (Å²) in [5.41, 5.74) is 4.78. The van der Waals surface area contributed by atoms with Crippen LogP contribution < -0.4 is 4.74 Å². The number of piperidine rings is 1. The van der Waals surface area contributed by atoms with Crippen molar-refractivity contribution in [3.63, 3.8) is 0 Å². The number of imidazole rings is 1. The molecule has 0 unspecified atom stereocenters. The molecule has 0 aliphatic carbocycles. The molecule has 1 N–H and O–H groups in total. The molecule has 0 amide bonds. The second kappa shape index (κ2) is 9.06. The molecule has 1 fully saturated rings. The summed E-state index contributed by atoms with van der Waals surface area (Å²) < 4.78 is 6.60. The Kier molecular flexibility index (Phi) is 5.98. The van der Waals surface area contributed by atoms with Crippen LogP contribution in [0.3, 0.4) is 0 Å². The van der Waals surface area contributed by atoms with Gasteiger partial charge in [0.15, 0.2) is 5.65 Å². The summed E-state index contributed by atoms with van der Waals surface area (Å²) in [7, 11) is 0. The lowest BCUT2D eigenvalue weighted by Gasteiger charge is -2.34. The molecule has 0 bridgehead atoms. The summed E-state index contributed by atoms with van der Waals surface area (Å²) >= 11 is 0. The summed E-state index contributed by atoms with van der Waals surface area (Å²) in [5, 5.41) is 2.30. The molecule has 1 atom stereocenters. The number of hydrogen-bond donors (Lipinski definition) is 1. The third-order valence-electron chi connectivity index (χ3n) is 6.84. The molecular formula is C26H32N6O. The minimum Gasteiger partial charge on any atom is -0.474 e. The first-order valence-corrected chi connectivity index (χ1v) is 11.9. The molecule has 7 nitrogen and oxygen atoms in total. The van der Waals surface area contributed by atoms with Gasteiger partial charge in [0.1, 0.15) is 17.9 Å². The zero-order chi connectivity index (χ0) is 22.9. The minimum absolute atomic E-state index is 0.168. The first-order valence-electron chi connectivity index (χ1n) is 11.9. The number of aryl methyl sites for hydroxylation is 1. The Labute approximate surface area is 194 Å². The first kappa shape index (κ1) is 21.8. The molecule has 5 rings (SSSR count). The van der Waals surface area contributed by atoms with Crippen molar-refractivity contribution in [3.8, 4) is 5.88 Å². The average Bonchev–Trinajstić information content (AvgIpc) is 3.29. The molecule has 0 saturated carbocycles. The van der Waals surface area contributed by atoms with Crippen molar-refractivity contribution >= 4 is 21.9 Å². The van der Waals surface area contributed by atoms with Crippen LogP contribution in [0, 0.1) is 6.92 Å². The fraction of sp³-hybridized carbons (Fsp3) is 0.462. The fourth-order valence-corrected chi connectivity index (χ4v) is 4.84. The van der Waals surface area contributed by atoms with Crippen LogP contribution in [0.15, 0.2) is 36.9 Å². The normalized spacial score (nSPS) is 16.6. The number of nitrogens with zero attached hydrogens (tertiary/aromatic N) is 5. The largest absolute Gasteiger partial charge is 0.474 e. The van der Waals surface area contributed by atoms with Crippen LogP contribution in [-0.2, 0) is 6.42 Å². The highest BCUT2D eigenvalue weighted by atomic mass is 16.5. The van der Waals surface area contributed by atoms with Crippen LogP contribution >= 0.6 is 0 Å². The smallest absolute Gasteiger partial charge is 0.222 e. The van der Waals surface area contributed by atoms with Crippen molar-refractivity contribution in [2.45, 2.75) is 65.0 Å². The molecular weight excluding hydrogens is 412 g/mol.